The van der Waals surface area contributed by atoms with Gasteiger partial charge in [0.1, 0.15) is 0 Å². The molecule has 0 saturated heterocycles. The molecule has 18 heavy (non-hydrogen) atoms. The zero-order valence-corrected chi connectivity index (χ0v) is 12.0. The molecule has 2 fully saturated rings. The third-order valence-corrected chi connectivity index (χ3v) is 8.62. The second-order valence-corrected chi connectivity index (χ2v) is 9.32. The standard InChI is InChI=1S/C10H18O6S2/c1-9(2)7-3-5-10(9,6-4-7)8(17(11,12)13)18(14,15)16/h7-8H,3-6H2,1-2H3,(H,11,12,13)(H,14,15,16). The highest BCUT2D eigenvalue weighted by atomic mass is 32.3. The van der Waals surface area contributed by atoms with Crippen molar-refractivity contribution >= 4 is 20.2 Å². The molecule has 2 saturated carbocycles. The SMILES string of the molecule is CC1(C)C2CCC1(C(S(=O)(=O)O)S(=O)(=O)O)CC2. The molecule has 2 aliphatic carbocycles. The lowest BCUT2D eigenvalue weighted by Gasteiger charge is -2.41. The first-order valence-corrected chi connectivity index (χ1v) is 8.86. The minimum absolute atomic E-state index is 0.239. The molecule has 2 aliphatic rings. The van der Waals surface area contributed by atoms with Crippen LogP contribution >= 0.6 is 0 Å². The normalized spacial score (nSPS) is 35.3. The van der Waals surface area contributed by atoms with Crippen molar-refractivity contribution in [2.24, 2.45) is 16.7 Å². The lowest BCUT2D eigenvalue weighted by Crippen LogP contribution is -2.49. The predicted octanol–water partition coefficient (Wildman–Crippen LogP) is 1.30. The largest absolute Gasteiger partial charge is 0.285 e. The van der Waals surface area contributed by atoms with E-state index in [4.69, 9.17) is 0 Å². The summed E-state index contributed by atoms with van der Waals surface area (Å²) in [6.45, 7) is 3.64. The van der Waals surface area contributed by atoms with Crippen LogP contribution in [-0.2, 0) is 20.2 Å². The Balaban J connectivity index is 2.65. The number of hydrogen-bond donors (Lipinski definition) is 2. The van der Waals surface area contributed by atoms with Gasteiger partial charge in [-0.3, -0.25) is 9.11 Å². The van der Waals surface area contributed by atoms with Gasteiger partial charge in [-0.15, -0.1) is 0 Å². The monoisotopic (exact) mass is 298 g/mol. The third kappa shape index (κ3) is 1.73. The van der Waals surface area contributed by atoms with E-state index < -0.39 is 35.6 Å². The van der Waals surface area contributed by atoms with Crippen LogP contribution in [-0.4, -0.2) is 30.5 Å². The maximum atomic E-state index is 11.5. The maximum Gasteiger partial charge on any atom is 0.285 e. The van der Waals surface area contributed by atoms with Crippen molar-refractivity contribution in [1.29, 1.82) is 0 Å². The number of rotatable bonds is 3. The molecular formula is C10H18O6S2. The number of hydrogen-bond acceptors (Lipinski definition) is 4. The van der Waals surface area contributed by atoms with Gasteiger partial charge in [-0.05, 0) is 37.0 Å². The van der Waals surface area contributed by atoms with Gasteiger partial charge in [0, 0.05) is 5.41 Å². The molecule has 2 N–H and O–H groups in total. The topological polar surface area (TPSA) is 109 Å². The molecule has 0 spiro atoms. The molecule has 0 unspecified atom stereocenters. The Morgan fingerprint density at radius 3 is 1.61 bits per heavy atom. The van der Waals surface area contributed by atoms with E-state index >= 15 is 0 Å². The Morgan fingerprint density at radius 2 is 1.39 bits per heavy atom. The smallest absolute Gasteiger partial charge is 0.284 e. The summed E-state index contributed by atoms with van der Waals surface area (Å²) < 4.78 is 62.2. The molecule has 0 aromatic heterocycles. The van der Waals surface area contributed by atoms with Crippen molar-refractivity contribution in [3.63, 3.8) is 0 Å². The molecular weight excluding hydrogens is 280 g/mol. The molecule has 0 radical (unpaired) electrons. The summed E-state index contributed by atoms with van der Waals surface area (Å²) in [5.41, 5.74) is -1.61. The molecule has 8 heteroatoms. The summed E-state index contributed by atoms with van der Waals surface area (Å²) in [4.78, 5) is 0. The summed E-state index contributed by atoms with van der Waals surface area (Å²) in [6, 6.07) is 0. The minimum atomic E-state index is -4.86. The molecule has 0 amide bonds. The van der Waals surface area contributed by atoms with E-state index in [1.54, 1.807) is 0 Å². The highest BCUT2D eigenvalue weighted by Gasteiger charge is 2.68. The van der Waals surface area contributed by atoms with Crippen molar-refractivity contribution < 1.29 is 25.9 Å². The van der Waals surface area contributed by atoms with E-state index in [9.17, 15) is 25.9 Å². The van der Waals surface area contributed by atoms with E-state index in [1.165, 1.54) is 0 Å². The molecule has 6 nitrogen and oxygen atoms in total. The average molecular weight is 298 g/mol. The van der Waals surface area contributed by atoms with Gasteiger partial charge in [0.15, 0.2) is 0 Å². The Morgan fingerprint density at radius 1 is 1.00 bits per heavy atom. The van der Waals surface area contributed by atoms with Gasteiger partial charge in [0.25, 0.3) is 20.2 Å². The van der Waals surface area contributed by atoms with Crippen LogP contribution in [0.1, 0.15) is 39.5 Å². The lowest BCUT2D eigenvalue weighted by molar-refractivity contribution is 0.136. The van der Waals surface area contributed by atoms with E-state index in [2.05, 4.69) is 0 Å². The fourth-order valence-electron chi connectivity index (χ4n) is 4.17. The van der Waals surface area contributed by atoms with Crippen molar-refractivity contribution in [1.82, 2.24) is 0 Å². The van der Waals surface area contributed by atoms with Crippen molar-refractivity contribution in [3.8, 4) is 0 Å². The highest BCUT2D eigenvalue weighted by Crippen LogP contribution is 2.68. The zero-order valence-electron chi connectivity index (χ0n) is 10.3. The van der Waals surface area contributed by atoms with Crippen molar-refractivity contribution in [2.45, 2.75) is 44.1 Å². The van der Waals surface area contributed by atoms with Crippen LogP contribution in [0.25, 0.3) is 0 Å². The predicted molar refractivity (Wildman–Crippen MR) is 65.1 cm³/mol. The van der Waals surface area contributed by atoms with Crippen LogP contribution in [0.3, 0.4) is 0 Å². The van der Waals surface area contributed by atoms with Gasteiger partial charge in [-0.2, -0.15) is 16.8 Å². The van der Waals surface area contributed by atoms with Crippen molar-refractivity contribution in [3.05, 3.63) is 0 Å². The summed E-state index contributed by atoms with van der Waals surface area (Å²) in [6.07, 6.45) is 2.26. The fraction of sp³-hybridized carbons (Fsp3) is 1.00. The van der Waals surface area contributed by atoms with E-state index in [0.29, 0.717) is 12.8 Å². The highest BCUT2D eigenvalue weighted by molar-refractivity contribution is 8.04. The van der Waals surface area contributed by atoms with Crippen LogP contribution < -0.4 is 0 Å². The van der Waals surface area contributed by atoms with E-state index in [-0.39, 0.29) is 5.92 Å². The molecule has 0 atom stereocenters. The van der Waals surface area contributed by atoms with Gasteiger partial charge >= 0.3 is 0 Å². The maximum absolute atomic E-state index is 11.5. The molecule has 0 heterocycles. The van der Waals surface area contributed by atoms with Crippen LogP contribution in [0, 0.1) is 16.7 Å². The van der Waals surface area contributed by atoms with Gasteiger partial charge < -0.3 is 0 Å². The molecule has 0 aromatic carbocycles. The first-order chi connectivity index (χ1) is 7.93. The summed E-state index contributed by atoms with van der Waals surface area (Å²) in [5.74, 6) is 0.239. The summed E-state index contributed by atoms with van der Waals surface area (Å²) in [5, 5.41) is 0. The van der Waals surface area contributed by atoms with Gasteiger partial charge in [0.05, 0.1) is 0 Å². The fourth-order valence-corrected chi connectivity index (χ4v) is 7.62. The molecule has 0 aliphatic heterocycles. The first-order valence-electron chi connectivity index (χ1n) is 5.85. The lowest BCUT2D eigenvalue weighted by atomic mass is 9.70. The Bertz CT molecular complexity index is 519. The van der Waals surface area contributed by atoms with Gasteiger partial charge in [0.2, 0.25) is 4.58 Å². The average Bonchev–Trinajstić information content (AvgIpc) is 2.47. The van der Waals surface area contributed by atoms with Gasteiger partial charge in [-0.1, -0.05) is 13.8 Å². The summed E-state index contributed by atoms with van der Waals surface area (Å²) >= 11 is 0. The van der Waals surface area contributed by atoms with Crippen LogP contribution in [0.4, 0.5) is 0 Å². The second kappa shape index (κ2) is 3.68. The second-order valence-electron chi connectivity index (χ2n) is 6.01. The molecule has 106 valence electrons. The Kier molecular flexibility index (Phi) is 2.91. The zero-order chi connectivity index (χ0) is 14.0. The molecule has 2 rings (SSSR count). The summed E-state index contributed by atoms with van der Waals surface area (Å²) in [7, 11) is -9.72. The van der Waals surface area contributed by atoms with Crippen LogP contribution in [0.5, 0.6) is 0 Å². The Hall–Kier alpha value is -0.180. The quantitative estimate of drug-likeness (QED) is 0.760. The van der Waals surface area contributed by atoms with Gasteiger partial charge in [-0.25, -0.2) is 0 Å². The van der Waals surface area contributed by atoms with Crippen LogP contribution in [0.15, 0.2) is 0 Å². The van der Waals surface area contributed by atoms with Crippen LogP contribution in [0.2, 0.25) is 0 Å². The number of fused-ring (bicyclic) bond motifs is 2. The first kappa shape index (κ1) is 14.2. The molecule has 0 aromatic rings. The third-order valence-electron chi connectivity index (χ3n) is 5.17. The molecule has 2 bridgehead atoms. The Labute approximate surface area is 107 Å². The minimum Gasteiger partial charge on any atom is -0.284 e. The van der Waals surface area contributed by atoms with E-state index in [1.807, 2.05) is 13.8 Å². The van der Waals surface area contributed by atoms with E-state index in [0.717, 1.165) is 12.8 Å². The van der Waals surface area contributed by atoms with Crippen molar-refractivity contribution in [2.75, 3.05) is 0 Å².